The van der Waals surface area contributed by atoms with Gasteiger partial charge in [-0.15, -0.1) is 0 Å². The van der Waals surface area contributed by atoms with Crippen LogP contribution in [0.25, 0.3) is 0 Å². The molecule has 2 aromatic rings. The Morgan fingerprint density at radius 2 is 2.17 bits per heavy atom. The fourth-order valence-corrected chi connectivity index (χ4v) is 3.45. The number of benzene rings is 1. The second kappa shape index (κ2) is 10.8. The number of ether oxygens (including phenoxy) is 2. The lowest BCUT2D eigenvalue weighted by Crippen LogP contribution is -2.44. The zero-order valence-electron chi connectivity index (χ0n) is 16.9. The molecule has 1 aliphatic rings. The summed E-state index contributed by atoms with van der Waals surface area (Å²) in [5.74, 6) is 3.18. The van der Waals surface area contributed by atoms with E-state index in [1.165, 1.54) is 0 Å². The normalized spacial score (nSPS) is 16.6. The molecular formula is C21H28ClN5O2. The molecule has 0 saturated carbocycles. The number of nitrogens with zero attached hydrogens (tertiary/aromatic N) is 3. The molecule has 0 radical (unpaired) electrons. The minimum atomic E-state index is 0.283. The summed E-state index contributed by atoms with van der Waals surface area (Å²) in [6, 6.07) is 11.6. The molecule has 8 heteroatoms. The van der Waals surface area contributed by atoms with E-state index in [0.29, 0.717) is 18.2 Å². The number of methoxy groups -OCH3 is 1. The van der Waals surface area contributed by atoms with Crippen LogP contribution in [-0.2, 0) is 0 Å². The first kappa shape index (κ1) is 21.0. The number of anilines is 1. The lowest BCUT2D eigenvalue weighted by Gasteiger charge is -2.20. The van der Waals surface area contributed by atoms with Gasteiger partial charge in [0.25, 0.3) is 0 Å². The van der Waals surface area contributed by atoms with E-state index in [1.54, 1.807) is 13.3 Å². The van der Waals surface area contributed by atoms with E-state index in [0.717, 1.165) is 49.3 Å². The minimum Gasteiger partial charge on any atom is -0.497 e. The van der Waals surface area contributed by atoms with Crippen LogP contribution in [0.3, 0.4) is 0 Å². The van der Waals surface area contributed by atoms with Gasteiger partial charge in [-0.05, 0) is 37.6 Å². The number of hydrogen-bond acceptors (Lipinski definition) is 5. The van der Waals surface area contributed by atoms with Crippen LogP contribution in [0, 0.1) is 0 Å². The van der Waals surface area contributed by atoms with Gasteiger partial charge in [0, 0.05) is 37.9 Å². The van der Waals surface area contributed by atoms with Gasteiger partial charge >= 0.3 is 0 Å². The third-order valence-corrected chi connectivity index (χ3v) is 4.88. The molecule has 0 aliphatic carbocycles. The van der Waals surface area contributed by atoms with Crippen molar-refractivity contribution in [2.75, 3.05) is 44.8 Å². The SMILES string of the molecule is CCNC(=NCCOc1cccc(OC)c1)NC1CCN(c2ncccc2Cl)C1. The van der Waals surface area contributed by atoms with Gasteiger partial charge in [-0.3, -0.25) is 0 Å². The number of pyridine rings is 1. The maximum Gasteiger partial charge on any atom is 0.191 e. The molecule has 2 heterocycles. The van der Waals surface area contributed by atoms with Crippen molar-refractivity contribution in [3.05, 3.63) is 47.6 Å². The Hall–Kier alpha value is -2.67. The Morgan fingerprint density at radius 3 is 2.97 bits per heavy atom. The molecule has 1 fully saturated rings. The largest absolute Gasteiger partial charge is 0.497 e. The van der Waals surface area contributed by atoms with Crippen molar-refractivity contribution in [2.45, 2.75) is 19.4 Å². The molecule has 1 saturated heterocycles. The maximum absolute atomic E-state index is 6.28. The average Bonchev–Trinajstić information content (AvgIpc) is 3.20. The van der Waals surface area contributed by atoms with E-state index in [9.17, 15) is 0 Å². The first-order chi connectivity index (χ1) is 14.2. The summed E-state index contributed by atoms with van der Waals surface area (Å²) in [5.41, 5.74) is 0. The lowest BCUT2D eigenvalue weighted by molar-refractivity contribution is 0.325. The minimum absolute atomic E-state index is 0.283. The van der Waals surface area contributed by atoms with Crippen LogP contribution in [0.5, 0.6) is 11.5 Å². The Morgan fingerprint density at radius 1 is 1.31 bits per heavy atom. The highest BCUT2D eigenvalue weighted by Crippen LogP contribution is 2.25. The molecule has 29 heavy (non-hydrogen) atoms. The van der Waals surface area contributed by atoms with Gasteiger partial charge in [0.2, 0.25) is 0 Å². The zero-order valence-corrected chi connectivity index (χ0v) is 17.7. The van der Waals surface area contributed by atoms with Crippen molar-refractivity contribution in [2.24, 2.45) is 4.99 Å². The molecule has 1 atom stereocenters. The van der Waals surface area contributed by atoms with Gasteiger partial charge in [0.1, 0.15) is 23.9 Å². The molecule has 2 N–H and O–H groups in total. The molecule has 0 spiro atoms. The first-order valence-electron chi connectivity index (χ1n) is 9.86. The number of guanidine groups is 1. The van der Waals surface area contributed by atoms with Gasteiger partial charge in [-0.2, -0.15) is 0 Å². The van der Waals surface area contributed by atoms with Crippen LogP contribution < -0.4 is 25.0 Å². The van der Waals surface area contributed by atoms with Crippen molar-refractivity contribution >= 4 is 23.4 Å². The molecule has 0 amide bonds. The summed E-state index contributed by atoms with van der Waals surface area (Å²) in [7, 11) is 1.64. The highest BCUT2D eigenvalue weighted by molar-refractivity contribution is 6.32. The molecule has 1 aromatic heterocycles. The topological polar surface area (TPSA) is 71.0 Å². The molecule has 3 rings (SSSR count). The van der Waals surface area contributed by atoms with Crippen molar-refractivity contribution < 1.29 is 9.47 Å². The smallest absolute Gasteiger partial charge is 0.191 e. The Balaban J connectivity index is 1.50. The molecule has 1 unspecified atom stereocenters. The predicted octanol–water partition coefficient (Wildman–Crippen LogP) is 2.96. The van der Waals surface area contributed by atoms with E-state index in [2.05, 4.69) is 32.4 Å². The van der Waals surface area contributed by atoms with E-state index in [1.807, 2.05) is 36.4 Å². The standard InChI is InChI=1S/C21H28ClN5O2/c1-3-23-21(25-11-13-29-18-7-4-6-17(14-18)28-2)26-16-9-12-27(15-16)20-19(22)8-5-10-24-20/h4-8,10,14,16H,3,9,11-13,15H2,1-2H3,(H2,23,25,26). The number of hydrogen-bond donors (Lipinski definition) is 2. The summed E-state index contributed by atoms with van der Waals surface area (Å²) in [5, 5.41) is 7.48. The second-order valence-corrected chi connectivity index (χ2v) is 7.08. The van der Waals surface area contributed by atoms with Crippen molar-refractivity contribution in [3.63, 3.8) is 0 Å². The molecule has 1 aliphatic heterocycles. The van der Waals surface area contributed by atoms with Crippen molar-refractivity contribution in [3.8, 4) is 11.5 Å². The fraction of sp³-hybridized carbons (Fsp3) is 0.429. The summed E-state index contributed by atoms with van der Waals surface area (Å²) in [6.07, 6.45) is 2.77. The van der Waals surface area contributed by atoms with Crippen LogP contribution in [0.2, 0.25) is 5.02 Å². The van der Waals surface area contributed by atoms with E-state index in [-0.39, 0.29) is 6.04 Å². The Kier molecular flexibility index (Phi) is 7.81. The predicted molar refractivity (Wildman–Crippen MR) is 117 cm³/mol. The highest BCUT2D eigenvalue weighted by Gasteiger charge is 2.25. The maximum atomic E-state index is 6.28. The fourth-order valence-electron chi connectivity index (χ4n) is 3.21. The monoisotopic (exact) mass is 417 g/mol. The van der Waals surface area contributed by atoms with E-state index in [4.69, 9.17) is 21.1 Å². The molecule has 1 aromatic carbocycles. The van der Waals surface area contributed by atoms with Crippen LogP contribution in [0.15, 0.2) is 47.6 Å². The van der Waals surface area contributed by atoms with Gasteiger partial charge in [-0.1, -0.05) is 17.7 Å². The van der Waals surface area contributed by atoms with Crippen LogP contribution in [-0.4, -0.2) is 56.9 Å². The zero-order chi connectivity index (χ0) is 20.5. The molecular weight excluding hydrogens is 390 g/mol. The highest BCUT2D eigenvalue weighted by atomic mass is 35.5. The summed E-state index contributed by atoms with van der Waals surface area (Å²) in [6.45, 7) is 5.64. The number of aromatic nitrogens is 1. The van der Waals surface area contributed by atoms with Crippen molar-refractivity contribution in [1.29, 1.82) is 0 Å². The van der Waals surface area contributed by atoms with E-state index >= 15 is 0 Å². The van der Waals surface area contributed by atoms with Gasteiger partial charge in [-0.25, -0.2) is 9.98 Å². The summed E-state index contributed by atoms with van der Waals surface area (Å²) >= 11 is 6.28. The van der Waals surface area contributed by atoms with Crippen molar-refractivity contribution in [1.82, 2.24) is 15.6 Å². The number of nitrogens with one attached hydrogen (secondary N) is 2. The number of halogens is 1. The molecule has 0 bridgehead atoms. The average molecular weight is 418 g/mol. The second-order valence-electron chi connectivity index (χ2n) is 6.67. The first-order valence-corrected chi connectivity index (χ1v) is 10.2. The number of rotatable bonds is 8. The van der Waals surface area contributed by atoms with Crippen LogP contribution >= 0.6 is 11.6 Å². The quantitative estimate of drug-likeness (QED) is 0.391. The van der Waals surface area contributed by atoms with Crippen LogP contribution in [0.4, 0.5) is 5.82 Å². The Labute approximate surface area is 177 Å². The van der Waals surface area contributed by atoms with E-state index < -0.39 is 0 Å². The third-order valence-electron chi connectivity index (χ3n) is 4.58. The Bertz CT molecular complexity index is 817. The van der Waals surface area contributed by atoms with Gasteiger partial charge < -0.3 is 25.0 Å². The van der Waals surface area contributed by atoms with Gasteiger partial charge in [0.05, 0.1) is 18.7 Å². The third kappa shape index (κ3) is 6.15. The van der Waals surface area contributed by atoms with Crippen LogP contribution in [0.1, 0.15) is 13.3 Å². The number of aliphatic imine (C=N–C) groups is 1. The van der Waals surface area contributed by atoms with Gasteiger partial charge in [0.15, 0.2) is 5.96 Å². The lowest BCUT2D eigenvalue weighted by atomic mass is 10.3. The summed E-state index contributed by atoms with van der Waals surface area (Å²) < 4.78 is 11.0. The molecule has 7 nitrogen and oxygen atoms in total. The summed E-state index contributed by atoms with van der Waals surface area (Å²) in [4.78, 5) is 11.2. The molecule has 156 valence electrons.